The van der Waals surface area contributed by atoms with Gasteiger partial charge in [0.15, 0.2) is 18.2 Å². The first-order valence-electron chi connectivity index (χ1n) is 7.72. The van der Waals surface area contributed by atoms with Crippen LogP contribution in [0.2, 0.25) is 0 Å². The molecule has 7 nitrogen and oxygen atoms in total. The molecular weight excluding hydrogens is 362 g/mol. The van der Waals surface area contributed by atoms with Gasteiger partial charge in [-0.05, 0) is 24.3 Å². The van der Waals surface area contributed by atoms with Crippen molar-refractivity contribution in [2.24, 2.45) is 0 Å². The van der Waals surface area contributed by atoms with Gasteiger partial charge in [0.05, 0.1) is 13.7 Å². The van der Waals surface area contributed by atoms with Gasteiger partial charge >= 0.3 is 5.97 Å². The van der Waals surface area contributed by atoms with Crippen LogP contribution in [0.1, 0.15) is 10.4 Å². The first-order chi connectivity index (χ1) is 12.9. The summed E-state index contributed by atoms with van der Waals surface area (Å²) in [5.41, 5.74) is 0.194. The first kappa shape index (κ1) is 19.8. The molecule has 0 atom stereocenters. The summed E-state index contributed by atoms with van der Waals surface area (Å²) in [5, 5.41) is 4.52. The summed E-state index contributed by atoms with van der Waals surface area (Å²) in [6, 6.07) is 9.18. The van der Waals surface area contributed by atoms with Crippen LogP contribution in [0.25, 0.3) is 0 Å². The van der Waals surface area contributed by atoms with Gasteiger partial charge in [-0.2, -0.15) is 0 Å². The zero-order chi connectivity index (χ0) is 19.8. The first-order valence-corrected chi connectivity index (χ1v) is 7.72. The number of methoxy groups -OCH3 is 1. The number of hydrogen-bond donors (Lipinski definition) is 2. The maximum Gasteiger partial charge on any atom is 0.342 e. The standard InChI is InChI=1S/C18H16F2N2O5/c1-26-15-5-3-2-4-12(15)18(25)27-10-17(24)21-9-16(23)22-11-6-7-13(19)14(20)8-11/h2-8H,9-10H2,1H3,(H,21,24)(H,22,23). The molecule has 0 aliphatic carbocycles. The van der Waals surface area contributed by atoms with Crippen LogP contribution >= 0.6 is 0 Å². The van der Waals surface area contributed by atoms with E-state index >= 15 is 0 Å². The quantitative estimate of drug-likeness (QED) is 0.718. The molecule has 0 saturated heterocycles. The Morgan fingerprint density at radius 3 is 2.44 bits per heavy atom. The van der Waals surface area contributed by atoms with Crippen molar-refractivity contribution in [1.82, 2.24) is 5.32 Å². The molecule has 9 heteroatoms. The van der Waals surface area contributed by atoms with E-state index in [4.69, 9.17) is 9.47 Å². The summed E-state index contributed by atoms with van der Waals surface area (Å²) in [7, 11) is 1.39. The molecule has 0 saturated carbocycles. The van der Waals surface area contributed by atoms with Crippen molar-refractivity contribution in [1.29, 1.82) is 0 Å². The van der Waals surface area contributed by atoms with E-state index in [0.29, 0.717) is 5.75 Å². The van der Waals surface area contributed by atoms with E-state index in [-0.39, 0.29) is 11.3 Å². The second-order valence-electron chi connectivity index (χ2n) is 5.23. The number of anilines is 1. The van der Waals surface area contributed by atoms with E-state index in [1.165, 1.54) is 19.2 Å². The zero-order valence-corrected chi connectivity index (χ0v) is 14.3. The Balaban J connectivity index is 1.77. The molecule has 0 spiro atoms. The van der Waals surface area contributed by atoms with Crippen molar-refractivity contribution in [3.05, 3.63) is 59.7 Å². The van der Waals surface area contributed by atoms with Crippen LogP contribution in [0.15, 0.2) is 42.5 Å². The van der Waals surface area contributed by atoms with Gasteiger partial charge < -0.3 is 20.1 Å². The number of esters is 1. The summed E-state index contributed by atoms with van der Waals surface area (Å²) in [6.07, 6.45) is 0. The lowest BCUT2D eigenvalue weighted by Crippen LogP contribution is -2.35. The number of halogens is 2. The number of benzene rings is 2. The fraction of sp³-hybridized carbons (Fsp3) is 0.167. The molecule has 0 aliphatic rings. The Labute approximate surface area is 153 Å². The van der Waals surface area contributed by atoms with Crippen LogP contribution < -0.4 is 15.4 Å². The van der Waals surface area contributed by atoms with Gasteiger partial charge in [-0.25, -0.2) is 13.6 Å². The molecule has 2 aromatic rings. The van der Waals surface area contributed by atoms with E-state index in [9.17, 15) is 23.2 Å². The molecule has 27 heavy (non-hydrogen) atoms. The molecule has 0 bridgehead atoms. The maximum atomic E-state index is 13.1. The zero-order valence-electron chi connectivity index (χ0n) is 14.3. The van der Waals surface area contributed by atoms with Crippen molar-refractivity contribution in [3.63, 3.8) is 0 Å². The third-order valence-corrected chi connectivity index (χ3v) is 3.31. The average molecular weight is 378 g/mol. The van der Waals surface area contributed by atoms with Gasteiger partial charge in [0.1, 0.15) is 11.3 Å². The smallest absolute Gasteiger partial charge is 0.342 e. The fourth-order valence-corrected chi connectivity index (χ4v) is 2.03. The fourth-order valence-electron chi connectivity index (χ4n) is 2.03. The third-order valence-electron chi connectivity index (χ3n) is 3.31. The monoisotopic (exact) mass is 378 g/mol. The van der Waals surface area contributed by atoms with Gasteiger partial charge in [-0.1, -0.05) is 12.1 Å². The Morgan fingerprint density at radius 1 is 1.00 bits per heavy atom. The van der Waals surface area contributed by atoms with E-state index in [1.807, 2.05) is 0 Å². The summed E-state index contributed by atoms with van der Waals surface area (Å²) in [4.78, 5) is 35.3. The predicted octanol–water partition coefficient (Wildman–Crippen LogP) is 1.89. The molecule has 0 unspecified atom stereocenters. The Morgan fingerprint density at radius 2 is 1.74 bits per heavy atom. The highest BCUT2D eigenvalue weighted by atomic mass is 19.2. The SMILES string of the molecule is COc1ccccc1C(=O)OCC(=O)NCC(=O)Nc1ccc(F)c(F)c1. The number of ether oxygens (including phenoxy) is 2. The Hall–Kier alpha value is -3.49. The highest BCUT2D eigenvalue weighted by molar-refractivity contribution is 5.96. The minimum absolute atomic E-state index is 0.0377. The lowest BCUT2D eigenvalue weighted by molar-refractivity contribution is -0.126. The van der Waals surface area contributed by atoms with Crippen LogP contribution in [-0.4, -0.2) is 38.0 Å². The predicted molar refractivity (Wildman–Crippen MR) is 91.3 cm³/mol. The minimum atomic E-state index is -1.11. The molecule has 0 heterocycles. The summed E-state index contributed by atoms with van der Waals surface area (Å²) < 4.78 is 35.8. The second-order valence-corrected chi connectivity index (χ2v) is 5.23. The molecule has 2 rings (SSSR count). The molecule has 2 aromatic carbocycles. The number of hydrogen-bond acceptors (Lipinski definition) is 5. The largest absolute Gasteiger partial charge is 0.496 e. The molecule has 0 aromatic heterocycles. The lowest BCUT2D eigenvalue weighted by atomic mass is 10.2. The number of carbonyl (C=O) groups is 3. The van der Waals surface area contributed by atoms with Crippen LogP contribution in [0, 0.1) is 11.6 Å². The van der Waals surface area contributed by atoms with E-state index in [1.54, 1.807) is 18.2 Å². The van der Waals surface area contributed by atoms with Crippen molar-refractivity contribution >= 4 is 23.5 Å². The third kappa shape index (κ3) is 5.77. The Bertz CT molecular complexity index is 857. The summed E-state index contributed by atoms with van der Waals surface area (Å²) in [5.74, 6) is -3.98. The van der Waals surface area contributed by atoms with Crippen LogP contribution in [-0.2, 0) is 14.3 Å². The van der Waals surface area contributed by atoms with E-state index in [2.05, 4.69) is 10.6 Å². The molecule has 2 amide bonds. The molecule has 142 valence electrons. The lowest BCUT2D eigenvalue weighted by Gasteiger charge is -2.09. The van der Waals surface area contributed by atoms with Crippen LogP contribution in [0.3, 0.4) is 0 Å². The second kappa shape index (κ2) is 9.27. The van der Waals surface area contributed by atoms with E-state index < -0.39 is 42.6 Å². The highest BCUT2D eigenvalue weighted by Gasteiger charge is 2.15. The summed E-state index contributed by atoms with van der Waals surface area (Å²) >= 11 is 0. The number of rotatable bonds is 7. The van der Waals surface area contributed by atoms with Crippen molar-refractivity contribution < 1.29 is 32.6 Å². The normalized spacial score (nSPS) is 10.0. The number of para-hydroxylation sites is 1. The van der Waals surface area contributed by atoms with Crippen molar-refractivity contribution in [2.45, 2.75) is 0 Å². The molecule has 2 N–H and O–H groups in total. The minimum Gasteiger partial charge on any atom is -0.496 e. The van der Waals surface area contributed by atoms with Crippen molar-refractivity contribution in [2.75, 3.05) is 25.6 Å². The molecule has 0 radical (unpaired) electrons. The molecular formula is C18H16F2N2O5. The average Bonchev–Trinajstić information content (AvgIpc) is 2.67. The van der Waals surface area contributed by atoms with Gasteiger partial charge in [-0.3, -0.25) is 9.59 Å². The van der Waals surface area contributed by atoms with Gasteiger partial charge in [0.2, 0.25) is 5.91 Å². The molecule has 0 aliphatic heterocycles. The van der Waals surface area contributed by atoms with Crippen molar-refractivity contribution in [3.8, 4) is 5.75 Å². The number of amides is 2. The van der Waals surface area contributed by atoms with E-state index in [0.717, 1.165) is 12.1 Å². The highest BCUT2D eigenvalue weighted by Crippen LogP contribution is 2.18. The van der Waals surface area contributed by atoms with Gasteiger partial charge in [-0.15, -0.1) is 0 Å². The van der Waals surface area contributed by atoms with Crippen LogP contribution in [0.4, 0.5) is 14.5 Å². The number of carbonyl (C=O) groups excluding carboxylic acids is 3. The summed E-state index contributed by atoms with van der Waals surface area (Å²) in [6.45, 7) is -1.04. The molecule has 0 fully saturated rings. The topological polar surface area (TPSA) is 93.7 Å². The van der Waals surface area contributed by atoms with Crippen LogP contribution in [0.5, 0.6) is 5.75 Å². The van der Waals surface area contributed by atoms with Gasteiger partial charge in [0, 0.05) is 11.8 Å². The number of nitrogens with one attached hydrogen (secondary N) is 2. The maximum absolute atomic E-state index is 13.1. The van der Waals surface area contributed by atoms with Gasteiger partial charge in [0.25, 0.3) is 5.91 Å². The Kier molecular flexibility index (Phi) is 6.81.